The zero-order chi connectivity index (χ0) is 24.4. The quantitative estimate of drug-likeness (QED) is 0.392. The normalized spacial score (nSPS) is 14.8. The Labute approximate surface area is 207 Å². The Morgan fingerprint density at radius 1 is 1.06 bits per heavy atom. The summed E-state index contributed by atoms with van der Waals surface area (Å²) in [4.78, 5) is 13.4. The highest BCUT2D eigenvalue weighted by molar-refractivity contribution is 6.30. The number of halogens is 1. The van der Waals surface area contributed by atoms with Crippen LogP contribution >= 0.6 is 11.6 Å². The van der Waals surface area contributed by atoms with Gasteiger partial charge in [0.2, 0.25) is 5.95 Å². The van der Waals surface area contributed by atoms with E-state index in [0.717, 1.165) is 16.9 Å². The minimum Gasteiger partial charge on any atom is -0.489 e. The van der Waals surface area contributed by atoms with Crippen molar-refractivity contribution in [1.29, 1.82) is 0 Å². The van der Waals surface area contributed by atoms with Gasteiger partial charge in [-0.3, -0.25) is 4.79 Å². The number of nitrogens with zero attached hydrogens (tertiary/aromatic N) is 4. The first-order valence-corrected chi connectivity index (χ1v) is 11.5. The molecule has 9 heteroatoms. The maximum atomic E-state index is 13.4. The van der Waals surface area contributed by atoms with Crippen molar-refractivity contribution < 1.29 is 9.53 Å². The van der Waals surface area contributed by atoms with Crippen LogP contribution in [0, 0.1) is 6.92 Å². The smallest absolute Gasteiger partial charge is 0.255 e. The molecule has 4 aromatic rings. The number of hydrogen-bond donors (Lipinski definition) is 2. The maximum absolute atomic E-state index is 13.4. The summed E-state index contributed by atoms with van der Waals surface area (Å²) in [7, 11) is 0. The lowest BCUT2D eigenvalue weighted by Crippen LogP contribution is -2.31. The lowest BCUT2D eigenvalue weighted by molar-refractivity contribution is -0.113. The van der Waals surface area contributed by atoms with Crippen molar-refractivity contribution >= 4 is 29.1 Å². The van der Waals surface area contributed by atoms with E-state index in [1.165, 1.54) is 5.56 Å². The molecule has 5 rings (SSSR count). The Balaban J connectivity index is 1.41. The first-order valence-electron chi connectivity index (χ1n) is 11.1. The summed E-state index contributed by atoms with van der Waals surface area (Å²) in [5, 5.41) is 18.6. The number of rotatable bonds is 6. The zero-order valence-electron chi connectivity index (χ0n) is 19.2. The van der Waals surface area contributed by atoms with Crippen LogP contribution in [-0.2, 0) is 11.4 Å². The standard InChI is InChI=1S/C26H23ClN6O2/c1-16-5-3-4-6-19(16)15-35-22-13-7-18(8-14-22)24-23(17(2)28-26-30-31-32-33(24)26)25(34)29-21-11-9-20(27)10-12-21/h3-14,24H,15H2,1-2H3,(H,29,34)(H,28,30,32)/t24-/m1/s1. The molecule has 0 radical (unpaired) electrons. The van der Waals surface area contributed by atoms with Gasteiger partial charge >= 0.3 is 0 Å². The molecule has 3 aromatic carbocycles. The number of fused-ring (bicyclic) bond motifs is 1. The van der Waals surface area contributed by atoms with Gasteiger partial charge in [0.1, 0.15) is 18.4 Å². The van der Waals surface area contributed by atoms with Gasteiger partial charge in [-0.15, -0.1) is 0 Å². The van der Waals surface area contributed by atoms with Gasteiger partial charge in [0, 0.05) is 16.4 Å². The van der Waals surface area contributed by atoms with Crippen LogP contribution in [0.4, 0.5) is 11.6 Å². The van der Waals surface area contributed by atoms with Crippen LogP contribution in [0.25, 0.3) is 0 Å². The predicted molar refractivity (Wildman–Crippen MR) is 134 cm³/mol. The molecule has 1 atom stereocenters. The van der Waals surface area contributed by atoms with Crippen molar-refractivity contribution in [3.8, 4) is 5.75 Å². The second-order valence-corrected chi connectivity index (χ2v) is 8.69. The number of hydrogen-bond acceptors (Lipinski definition) is 6. The summed E-state index contributed by atoms with van der Waals surface area (Å²) in [6.45, 7) is 4.37. The van der Waals surface area contributed by atoms with Crippen LogP contribution in [0.5, 0.6) is 5.75 Å². The fourth-order valence-electron chi connectivity index (χ4n) is 4.03. The molecule has 2 N–H and O–H groups in total. The largest absolute Gasteiger partial charge is 0.489 e. The molecule has 35 heavy (non-hydrogen) atoms. The Morgan fingerprint density at radius 2 is 1.80 bits per heavy atom. The predicted octanol–water partition coefficient (Wildman–Crippen LogP) is 5.14. The zero-order valence-corrected chi connectivity index (χ0v) is 20.0. The van der Waals surface area contributed by atoms with Gasteiger partial charge in [-0.05, 0) is 77.4 Å². The molecule has 2 heterocycles. The third-order valence-corrected chi connectivity index (χ3v) is 6.16. The molecule has 0 saturated carbocycles. The molecule has 1 aromatic heterocycles. The van der Waals surface area contributed by atoms with Crippen LogP contribution in [0.15, 0.2) is 84.1 Å². The van der Waals surface area contributed by atoms with Crippen LogP contribution in [0.2, 0.25) is 5.02 Å². The Morgan fingerprint density at radius 3 is 2.54 bits per heavy atom. The van der Waals surface area contributed by atoms with Crippen molar-refractivity contribution in [2.75, 3.05) is 10.6 Å². The van der Waals surface area contributed by atoms with Gasteiger partial charge in [0.15, 0.2) is 0 Å². The topological polar surface area (TPSA) is 94.0 Å². The monoisotopic (exact) mass is 486 g/mol. The summed E-state index contributed by atoms with van der Waals surface area (Å²) in [5.41, 5.74) is 4.98. The molecule has 1 aliphatic heterocycles. The molecule has 0 saturated heterocycles. The average molecular weight is 487 g/mol. The fraction of sp³-hybridized carbons (Fsp3) is 0.154. The van der Waals surface area contributed by atoms with E-state index < -0.39 is 6.04 Å². The lowest BCUT2D eigenvalue weighted by atomic mass is 9.95. The van der Waals surface area contributed by atoms with E-state index in [1.807, 2.05) is 43.3 Å². The number of ether oxygens (including phenoxy) is 1. The summed E-state index contributed by atoms with van der Waals surface area (Å²) >= 11 is 5.98. The number of carbonyl (C=O) groups is 1. The molecular formula is C26H23ClN6O2. The van der Waals surface area contributed by atoms with Crippen molar-refractivity contribution in [2.24, 2.45) is 0 Å². The molecule has 0 aliphatic carbocycles. The first-order chi connectivity index (χ1) is 17.0. The first kappa shape index (κ1) is 22.6. The minimum absolute atomic E-state index is 0.261. The molecule has 1 amide bonds. The van der Waals surface area contributed by atoms with E-state index in [1.54, 1.807) is 28.9 Å². The van der Waals surface area contributed by atoms with Gasteiger partial charge in [0.05, 0.1) is 5.57 Å². The van der Waals surface area contributed by atoms with Gasteiger partial charge in [-0.25, -0.2) is 0 Å². The van der Waals surface area contributed by atoms with Crippen molar-refractivity contribution in [1.82, 2.24) is 20.2 Å². The SMILES string of the molecule is CC1=C(C(=O)Nc2ccc(Cl)cc2)[C@@H](c2ccc(OCc3ccccc3C)cc2)n2nnnc2N1. The molecule has 1 aliphatic rings. The van der Waals surface area contributed by atoms with E-state index in [9.17, 15) is 4.79 Å². The number of anilines is 2. The molecule has 8 nitrogen and oxygen atoms in total. The number of nitrogens with one attached hydrogen (secondary N) is 2. The molecule has 0 spiro atoms. The third kappa shape index (κ3) is 4.74. The lowest BCUT2D eigenvalue weighted by Gasteiger charge is -2.28. The Bertz CT molecular complexity index is 1400. The number of benzene rings is 3. The van der Waals surface area contributed by atoms with Crippen LogP contribution in [0.3, 0.4) is 0 Å². The number of amides is 1. The van der Waals surface area contributed by atoms with E-state index in [0.29, 0.717) is 34.5 Å². The average Bonchev–Trinajstić information content (AvgIpc) is 3.32. The van der Waals surface area contributed by atoms with E-state index in [2.05, 4.69) is 45.2 Å². The van der Waals surface area contributed by atoms with Gasteiger partial charge < -0.3 is 15.4 Å². The van der Waals surface area contributed by atoms with Crippen molar-refractivity contribution in [3.05, 3.63) is 106 Å². The number of aryl methyl sites for hydroxylation is 1. The highest BCUT2D eigenvalue weighted by atomic mass is 35.5. The third-order valence-electron chi connectivity index (χ3n) is 5.91. The van der Waals surface area contributed by atoms with Crippen LogP contribution < -0.4 is 15.4 Å². The second kappa shape index (κ2) is 9.60. The number of allylic oxidation sites excluding steroid dienone is 1. The fourth-order valence-corrected chi connectivity index (χ4v) is 4.15. The number of tetrazole rings is 1. The molecule has 0 bridgehead atoms. The molecular weight excluding hydrogens is 464 g/mol. The summed E-state index contributed by atoms with van der Waals surface area (Å²) in [6.07, 6.45) is 0. The highest BCUT2D eigenvalue weighted by Crippen LogP contribution is 2.35. The number of aromatic nitrogens is 4. The Hall–Kier alpha value is -4.17. The summed E-state index contributed by atoms with van der Waals surface area (Å²) in [5.74, 6) is 0.939. The van der Waals surface area contributed by atoms with Crippen LogP contribution in [-0.4, -0.2) is 26.1 Å². The molecule has 176 valence electrons. The molecule has 0 fully saturated rings. The summed E-state index contributed by atoms with van der Waals surface area (Å²) in [6, 6.07) is 22.2. The highest BCUT2D eigenvalue weighted by Gasteiger charge is 2.34. The van der Waals surface area contributed by atoms with Crippen molar-refractivity contribution in [2.45, 2.75) is 26.5 Å². The minimum atomic E-state index is -0.515. The van der Waals surface area contributed by atoms with Gasteiger partial charge in [-0.1, -0.05) is 53.1 Å². The van der Waals surface area contributed by atoms with Crippen molar-refractivity contribution in [3.63, 3.8) is 0 Å². The summed E-state index contributed by atoms with van der Waals surface area (Å²) < 4.78 is 7.60. The van der Waals surface area contributed by atoms with E-state index in [-0.39, 0.29) is 5.91 Å². The second-order valence-electron chi connectivity index (χ2n) is 8.26. The van der Waals surface area contributed by atoms with Crippen LogP contribution in [0.1, 0.15) is 29.7 Å². The molecule has 0 unspecified atom stereocenters. The Kier molecular flexibility index (Phi) is 6.20. The van der Waals surface area contributed by atoms with E-state index >= 15 is 0 Å². The van der Waals surface area contributed by atoms with Gasteiger partial charge in [0.25, 0.3) is 5.91 Å². The number of carbonyl (C=O) groups excluding carboxylic acids is 1. The van der Waals surface area contributed by atoms with Gasteiger partial charge in [-0.2, -0.15) is 4.68 Å². The van der Waals surface area contributed by atoms with E-state index in [4.69, 9.17) is 16.3 Å². The maximum Gasteiger partial charge on any atom is 0.255 e.